The van der Waals surface area contributed by atoms with E-state index in [2.05, 4.69) is 5.32 Å². The molecule has 1 aliphatic carbocycles. The molecule has 0 saturated heterocycles. The van der Waals surface area contributed by atoms with Gasteiger partial charge in [0.05, 0.1) is 5.41 Å². The van der Waals surface area contributed by atoms with Crippen molar-refractivity contribution >= 4 is 17.5 Å². The normalized spacial score (nSPS) is 18.2. The number of carbonyl (C=O) groups is 1. The van der Waals surface area contributed by atoms with E-state index in [-0.39, 0.29) is 24.0 Å². The molecule has 1 fully saturated rings. The maximum absolute atomic E-state index is 12.3. The lowest BCUT2D eigenvalue weighted by molar-refractivity contribution is -0.124. The van der Waals surface area contributed by atoms with Gasteiger partial charge in [0.1, 0.15) is 0 Å². The molecule has 0 heterocycles. The number of halogens is 1. The number of aliphatic hydroxyl groups excluding tert-OH is 1. The van der Waals surface area contributed by atoms with Crippen LogP contribution in [0.1, 0.15) is 31.7 Å². The van der Waals surface area contributed by atoms with Crippen molar-refractivity contribution in [1.82, 2.24) is 5.32 Å². The molecule has 0 radical (unpaired) electrons. The number of amides is 1. The van der Waals surface area contributed by atoms with E-state index in [9.17, 15) is 4.79 Å². The molecule has 1 saturated carbocycles. The zero-order valence-corrected chi connectivity index (χ0v) is 11.2. The third kappa shape index (κ3) is 2.68. The van der Waals surface area contributed by atoms with Crippen LogP contribution in [0.5, 0.6) is 0 Å². The molecular formula is C14H18ClNO2. The smallest absolute Gasteiger partial charge is 0.230 e. The zero-order chi connectivity index (χ0) is 13.2. The summed E-state index contributed by atoms with van der Waals surface area (Å²) in [7, 11) is 0. The Kier molecular flexibility index (Phi) is 3.93. The molecule has 1 atom stereocenters. The van der Waals surface area contributed by atoms with Gasteiger partial charge in [-0.15, -0.1) is 0 Å². The van der Waals surface area contributed by atoms with Gasteiger partial charge in [0.15, 0.2) is 0 Å². The molecule has 1 unspecified atom stereocenters. The minimum absolute atomic E-state index is 0.00674. The van der Waals surface area contributed by atoms with Crippen LogP contribution in [0.4, 0.5) is 0 Å². The summed E-state index contributed by atoms with van der Waals surface area (Å²) in [6.45, 7) is 2.00. The lowest BCUT2D eigenvalue weighted by Crippen LogP contribution is -2.40. The molecule has 18 heavy (non-hydrogen) atoms. The van der Waals surface area contributed by atoms with E-state index in [1.807, 2.05) is 31.2 Å². The first kappa shape index (κ1) is 13.4. The van der Waals surface area contributed by atoms with Crippen molar-refractivity contribution < 1.29 is 9.90 Å². The average Bonchev–Trinajstić information content (AvgIpc) is 3.11. The van der Waals surface area contributed by atoms with Crippen molar-refractivity contribution in [3.05, 3.63) is 34.9 Å². The molecule has 1 aromatic rings. The fourth-order valence-corrected chi connectivity index (χ4v) is 2.29. The van der Waals surface area contributed by atoms with E-state index in [1.165, 1.54) is 0 Å². The number of aliphatic hydroxyl groups is 1. The summed E-state index contributed by atoms with van der Waals surface area (Å²) in [5, 5.41) is 12.5. The first-order chi connectivity index (χ1) is 8.58. The fraction of sp³-hybridized carbons (Fsp3) is 0.500. The molecule has 2 rings (SSSR count). The molecule has 1 amide bonds. The maximum atomic E-state index is 12.3. The molecule has 0 aromatic heterocycles. The number of benzene rings is 1. The first-order valence-electron chi connectivity index (χ1n) is 6.26. The van der Waals surface area contributed by atoms with E-state index in [0.717, 1.165) is 18.4 Å². The number of rotatable bonds is 5. The quantitative estimate of drug-likeness (QED) is 0.860. The summed E-state index contributed by atoms with van der Waals surface area (Å²) < 4.78 is 0. The molecule has 2 N–H and O–H groups in total. The second-order valence-corrected chi connectivity index (χ2v) is 5.41. The van der Waals surface area contributed by atoms with Crippen LogP contribution in [0.25, 0.3) is 0 Å². The van der Waals surface area contributed by atoms with Crippen molar-refractivity contribution in [2.24, 2.45) is 0 Å². The largest absolute Gasteiger partial charge is 0.396 e. The summed E-state index contributed by atoms with van der Waals surface area (Å²) >= 11 is 5.86. The molecular weight excluding hydrogens is 250 g/mol. The molecule has 0 spiro atoms. The Balaban J connectivity index is 2.07. The summed E-state index contributed by atoms with van der Waals surface area (Å²) in [6, 6.07) is 7.49. The van der Waals surface area contributed by atoms with Crippen LogP contribution < -0.4 is 5.32 Å². The van der Waals surface area contributed by atoms with Gasteiger partial charge in [0.2, 0.25) is 5.91 Å². The van der Waals surface area contributed by atoms with Crippen molar-refractivity contribution in [1.29, 1.82) is 0 Å². The van der Waals surface area contributed by atoms with Crippen LogP contribution in [0, 0.1) is 0 Å². The van der Waals surface area contributed by atoms with Crippen molar-refractivity contribution in [3.8, 4) is 0 Å². The van der Waals surface area contributed by atoms with Gasteiger partial charge in [-0.1, -0.05) is 23.7 Å². The summed E-state index contributed by atoms with van der Waals surface area (Å²) in [5.41, 5.74) is 0.662. The van der Waals surface area contributed by atoms with Crippen molar-refractivity contribution in [2.45, 2.75) is 37.6 Å². The minimum Gasteiger partial charge on any atom is -0.396 e. The van der Waals surface area contributed by atoms with Crippen LogP contribution in [0.3, 0.4) is 0 Å². The van der Waals surface area contributed by atoms with Gasteiger partial charge in [-0.2, -0.15) is 0 Å². The third-order valence-electron chi connectivity index (χ3n) is 3.52. The van der Waals surface area contributed by atoms with E-state index < -0.39 is 0 Å². The molecule has 98 valence electrons. The molecule has 1 aliphatic rings. The number of carbonyl (C=O) groups excluding carboxylic acids is 1. The molecule has 4 heteroatoms. The Bertz CT molecular complexity index is 426. The van der Waals surface area contributed by atoms with Crippen molar-refractivity contribution in [2.75, 3.05) is 6.61 Å². The lowest BCUT2D eigenvalue weighted by atomic mass is 9.94. The predicted molar refractivity (Wildman–Crippen MR) is 71.7 cm³/mol. The topological polar surface area (TPSA) is 49.3 Å². The standard InChI is InChI=1S/C14H18ClNO2/c1-10(6-9-17)16-13(18)14(7-8-14)11-2-4-12(15)5-3-11/h2-5,10,17H,6-9H2,1H3,(H,16,18). The van der Waals surface area contributed by atoms with Gasteiger partial charge < -0.3 is 10.4 Å². The summed E-state index contributed by atoms with van der Waals surface area (Å²) in [4.78, 5) is 12.3. The maximum Gasteiger partial charge on any atom is 0.230 e. The Labute approximate surface area is 112 Å². The van der Waals surface area contributed by atoms with Gasteiger partial charge in [-0.3, -0.25) is 4.79 Å². The number of hydrogen-bond acceptors (Lipinski definition) is 2. The molecule has 0 aliphatic heterocycles. The highest BCUT2D eigenvalue weighted by molar-refractivity contribution is 6.30. The van der Waals surface area contributed by atoms with Crippen LogP contribution in [-0.4, -0.2) is 23.7 Å². The van der Waals surface area contributed by atoms with E-state index in [0.29, 0.717) is 11.4 Å². The second kappa shape index (κ2) is 5.29. The lowest BCUT2D eigenvalue weighted by Gasteiger charge is -2.19. The van der Waals surface area contributed by atoms with Gasteiger partial charge in [-0.05, 0) is 43.9 Å². The average molecular weight is 268 g/mol. The zero-order valence-electron chi connectivity index (χ0n) is 10.4. The summed E-state index contributed by atoms with van der Waals surface area (Å²) in [6.07, 6.45) is 2.35. The number of nitrogens with one attached hydrogen (secondary N) is 1. The Hall–Kier alpha value is -1.06. The Morgan fingerprint density at radius 3 is 2.56 bits per heavy atom. The van der Waals surface area contributed by atoms with E-state index in [4.69, 9.17) is 16.7 Å². The molecule has 1 aromatic carbocycles. The molecule has 3 nitrogen and oxygen atoms in total. The predicted octanol–water partition coefficient (Wildman–Crippen LogP) is 2.26. The van der Waals surface area contributed by atoms with Gasteiger partial charge in [0.25, 0.3) is 0 Å². The van der Waals surface area contributed by atoms with E-state index >= 15 is 0 Å². The minimum atomic E-state index is -0.367. The van der Waals surface area contributed by atoms with Gasteiger partial charge >= 0.3 is 0 Å². The van der Waals surface area contributed by atoms with Crippen LogP contribution >= 0.6 is 11.6 Å². The van der Waals surface area contributed by atoms with E-state index in [1.54, 1.807) is 0 Å². The van der Waals surface area contributed by atoms with Crippen LogP contribution in [-0.2, 0) is 10.2 Å². The van der Waals surface area contributed by atoms with Crippen molar-refractivity contribution in [3.63, 3.8) is 0 Å². The second-order valence-electron chi connectivity index (χ2n) is 4.98. The first-order valence-corrected chi connectivity index (χ1v) is 6.64. The Morgan fingerprint density at radius 1 is 1.44 bits per heavy atom. The number of hydrogen-bond donors (Lipinski definition) is 2. The molecule has 0 bridgehead atoms. The highest BCUT2D eigenvalue weighted by atomic mass is 35.5. The highest BCUT2D eigenvalue weighted by Gasteiger charge is 2.51. The highest BCUT2D eigenvalue weighted by Crippen LogP contribution is 2.48. The third-order valence-corrected chi connectivity index (χ3v) is 3.77. The monoisotopic (exact) mass is 267 g/mol. The van der Waals surface area contributed by atoms with Crippen LogP contribution in [0.15, 0.2) is 24.3 Å². The fourth-order valence-electron chi connectivity index (χ4n) is 2.17. The van der Waals surface area contributed by atoms with Crippen LogP contribution in [0.2, 0.25) is 5.02 Å². The van der Waals surface area contributed by atoms with Gasteiger partial charge in [0, 0.05) is 17.7 Å². The Morgan fingerprint density at radius 2 is 2.06 bits per heavy atom. The van der Waals surface area contributed by atoms with Gasteiger partial charge in [-0.25, -0.2) is 0 Å². The summed E-state index contributed by atoms with van der Waals surface area (Å²) in [5.74, 6) is 0.0609. The SMILES string of the molecule is CC(CCO)NC(=O)C1(c2ccc(Cl)cc2)CC1.